The molecule has 1 heterocycles. The van der Waals surface area contributed by atoms with Gasteiger partial charge in [-0.05, 0) is 44.6 Å². The second-order valence-electron chi connectivity index (χ2n) is 5.37. The molecule has 17 heavy (non-hydrogen) atoms. The van der Waals surface area contributed by atoms with E-state index >= 15 is 0 Å². The summed E-state index contributed by atoms with van der Waals surface area (Å²) >= 11 is 0. The Morgan fingerprint density at radius 3 is 2.76 bits per heavy atom. The van der Waals surface area contributed by atoms with Crippen LogP contribution < -0.4 is 5.32 Å². The fraction of sp³-hybridized carbons (Fsp3) is 1.00. The molecular weight excluding hydrogens is 238 g/mol. The second-order valence-corrected chi connectivity index (χ2v) is 7.70. The highest BCUT2D eigenvalue weighted by Crippen LogP contribution is 2.29. The van der Waals surface area contributed by atoms with Crippen molar-refractivity contribution in [1.29, 1.82) is 0 Å². The molecule has 0 spiro atoms. The number of hydrogen-bond donors (Lipinski definition) is 1. The molecule has 2 rings (SSSR count). The van der Waals surface area contributed by atoms with Gasteiger partial charge in [-0.3, -0.25) is 0 Å². The summed E-state index contributed by atoms with van der Waals surface area (Å²) in [5.74, 6) is 1.14. The molecule has 5 heteroatoms. The van der Waals surface area contributed by atoms with Gasteiger partial charge in [0, 0.05) is 19.8 Å². The van der Waals surface area contributed by atoms with Crippen molar-refractivity contribution >= 4 is 9.84 Å². The fourth-order valence-electron chi connectivity index (χ4n) is 2.50. The van der Waals surface area contributed by atoms with Crippen molar-refractivity contribution in [2.45, 2.75) is 43.4 Å². The van der Waals surface area contributed by atoms with E-state index in [1.165, 1.54) is 12.8 Å². The van der Waals surface area contributed by atoms with E-state index in [9.17, 15) is 8.42 Å². The highest BCUT2D eigenvalue weighted by atomic mass is 32.2. The van der Waals surface area contributed by atoms with E-state index in [-0.39, 0.29) is 11.3 Å². The Morgan fingerprint density at radius 1 is 1.35 bits per heavy atom. The Balaban J connectivity index is 1.76. The number of hydrogen-bond acceptors (Lipinski definition) is 4. The smallest absolute Gasteiger partial charge is 0.154 e. The zero-order chi connectivity index (χ0) is 12.3. The van der Waals surface area contributed by atoms with Crippen LogP contribution in [0.4, 0.5) is 0 Å². The molecule has 0 bridgehead atoms. The van der Waals surface area contributed by atoms with Crippen LogP contribution in [0.2, 0.25) is 0 Å². The van der Waals surface area contributed by atoms with E-state index in [0.29, 0.717) is 12.4 Å². The lowest BCUT2D eigenvalue weighted by Gasteiger charge is -2.10. The maximum atomic E-state index is 11.9. The van der Waals surface area contributed by atoms with E-state index in [0.717, 1.165) is 31.7 Å². The Hall–Kier alpha value is -0.130. The molecular formula is C12H23NO3S. The number of methoxy groups -OCH3 is 1. The van der Waals surface area contributed by atoms with Crippen LogP contribution in [0.3, 0.4) is 0 Å². The van der Waals surface area contributed by atoms with E-state index in [1.807, 2.05) is 0 Å². The van der Waals surface area contributed by atoms with Crippen LogP contribution in [0.25, 0.3) is 0 Å². The van der Waals surface area contributed by atoms with Gasteiger partial charge in [0.2, 0.25) is 0 Å². The quantitative estimate of drug-likeness (QED) is 0.694. The SMILES string of the molecule is COCCC[C@@H]1CC(NCC2CC2)CS1(=O)=O. The van der Waals surface area contributed by atoms with Gasteiger partial charge in [0.25, 0.3) is 0 Å². The van der Waals surface area contributed by atoms with Crippen molar-refractivity contribution in [3.8, 4) is 0 Å². The van der Waals surface area contributed by atoms with Crippen LogP contribution >= 0.6 is 0 Å². The number of sulfone groups is 1. The Bertz CT molecular complexity index is 338. The van der Waals surface area contributed by atoms with Gasteiger partial charge in [0.05, 0.1) is 11.0 Å². The van der Waals surface area contributed by atoms with Gasteiger partial charge in [-0.15, -0.1) is 0 Å². The van der Waals surface area contributed by atoms with Crippen molar-refractivity contribution < 1.29 is 13.2 Å². The van der Waals surface area contributed by atoms with Crippen molar-refractivity contribution in [3.05, 3.63) is 0 Å². The molecule has 0 aromatic carbocycles. The van der Waals surface area contributed by atoms with Gasteiger partial charge in [-0.1, -0.05) is 0 Å². The van der Waals surface area contributed by atoms with Gasteiger partial charge in [0.1, 0.15) is 0 Å². The normalized spacial score (nSPS) is 31.8. The summed E-state index contributed by atoms with van der Waals surface area (Å²) < 4.78 is 28.9. The first kappa shape index (κ1) is 13.3. The summed E-state index contributed by atoms with van der Waals surface area (Å²) in [4.78, 5) is 0. The topological polar surface area (TPSA) is 55.4 Å². The second kappa shape index (κ2) is 5.67. The molecule has 0 aromatic rings. The average molecular weight is 261 g/mol. The predicted molar refractivity (Wildman–Crippen MR) is 67.8 cm³/mol. The lowest BCUT2D eigenvalue weighted by molar-refractivity contribution is 0.192. The van der Waals surface area contributed by atoms with E-state index in [4.69, 9.17) is 4.74 Å². The molecule has 100 valence electrons. The van der Waals surface area contributed by atoms with Crippen LogP contribution in [-0.2, 0) is 14.6 Å². The Morgan fingerprint density at radius 2 is 2.12 bits per heavy atom. The number of nitrogens with one attached hydrogen (secondary N) is 1. The Kier molecular flexibility index (Phi) is 4.44. The van der Waals surface area contributed by atoms with Gasteiger partial charge in [-0.25, -0.2) is 8.42 Å². The lowest BCUT2D eigenvalue weighted by atomic mass is 10.1. The van der Waals surface area contributed by atoms with Crippen molar-refractivity contribution in [2.75, 3.05) is 26.0 Å². The summed E-state index contributed by atoms with van der Waals surface area (Å²) in [5, 5.41) is 3.27. The zero-order valence-electron chi connectivity index (χ0n) is 10.5. The minimum atomic E-state index is -2.86. The molecule has 2 aliphatic rings. The van der Waals surface area contributed by atoms with Crippen LogP contribution in [0.1, 0.15) is 32.1 Å². The molecule has 1 unspecified atom stereocenters. The maximum absolute atomic E-state index is 11.9. The van der Waals surface area contributed by atoms with E-state index in [2.05, 4.69) is 5.32 Å². The van der Waals surface area contributed by atoms with Crippen LogP contribution in [0, 0.1) is 5.92 Å². The first-order chi connectivity index (χ1) is 8.12. The molecule has 4 nitrogen and oxygen atoms in total. The van der Waals surface area contributed by atoms with Crippen molar-refractivity contribution in [1.82, 2.24) is 5.32 Å². The molecule has 0 amide bonds. The molecule has 1 saturated heterocycles. The predicted octanol–water partition coefficient (Wildman–Crippen LogP) is 0.968. The van der Waals surface area contributed by atoms with Crippen LogP contribution in [0.15, 0.2) is 0 Å². The maximum Gasteiger partial charge on any atom is 0.154 e. The largest absolute Gasteiger partial charge is 0.385 e. The van der Waals surface area contributed by atoms with Crippen LogP contribution in [-0.4, -0.2) is 45.7 Å². The minimum Gasteiger partial charge on any atom is -0.385 e. The van der Waals surface area contributed by atoms with Gasteiger partial charge in [0.15, 0.2) is 9.84 Å². The number of ether oxygens (including phenoxy) is 1. The highest BCUT2D eigenvalue weighted by molar-refractivity contribution is 7.92. The molecule has 1 aliphatic carbocycles. The minimum absolute atomic E-state index is 0.144. The summed E-state index contributed by atoms with van der Waals surface area (Å²) in [6.07, 6.45) is 5.00. The van der Waals surface area contributed by atoms with Gasteiger partial charge < -0.3 is 10.1 Å². The molecule has 2 fully saturated rings. The van der Waals surface area contributed by atoms with Crippen molar-refractivity contribution in [3.63, 3.8) is 0 Å². The third-order valence-corrected chi connectivity index (χ3v) is 6.07. The van der Waals surface area contributed by atoms with Gasteiger partial charge in [-0.2, -0.15) is 0 Å². The van der Waals surface area contributed by atoms with Crippen LogP contribution in [0.5, 0.6) is 0 Å². The third kappa shape index (κ3) is 3.93. The zero-order valence-corrected chi connectivity index (χ0v) is 11.3. The first-order valence-corrected chi connectivity index (χ1v) is 8.27. The monoisotopic (exact) mass is 261 g/mol. The van der Waals surface area contributed by atoms with Gasteiger partial charge >= 0.3 is 0 Å². The lowest BCUT2D eigenvalue weighted by Crippen LogP contribution is -2.31. The Labute approximate surface area is 104 Å². The summed E-state index contributed by atoms with van der Waals surface area (Å²) in [7, 11) is -1.21. The molecule has 0 radical (unpaired) electrons. The fourth-order valence-corrected chi connectivity index (χ4v) is 4.64. The standard InChI is InChI=1S/C12H23NO3S/c1-16-6-2-3-12-7-11(9-17(12,14)15)13-8-10-4-5-10/h10-13H,2-9H2,1H3/t11?,12-/m1/s1. The first-order valence-electron chi connectivity index (χ1n) is 6.55. The third-order valence-electron chi connectivity index (χ3n) is 3.76. The summed E-state index contributed by atoms with van der Waals surface area (Å²) in [6, 6.07) is 0.188. The molecule has 1 saturated carbocycles. The van der Waals surface area contributed by atoms with E-state index < -0.39 is 9.84 Å². The van der Waals surface area contributed by atoms with Crippen molar-refractivity contribution in [2.24, 2.45) is 5.92 Å². The molecule has 1 N–H and O–H groups in total. The molecule has 0 aromatic heterocycles. The summed E-state index contributed by atoms with van der Waals surface area (Å²) in [6.45, 7) is 1.66. The van der Waals surface area contributed by atoms with E-state index in [1.54, 1.807) is 7.11 Å². The molecule has 1 aliphatic heterocycles. The average Bonchev–Trinajstić information content (AvgIpc) is 3.03. The molecule has 2 atom stereocenters. The summed E-state index contributed by atoms with van der Waals surface area (Å²) in [5.41, 5.74) is 0. The number of rotatable bonds is 7. The highest BCUT2D eigenvalue weighted by Gasteiger charge is 2.38.